The Morgan fingerprint density at radius 1 is 1.29 bits per heavy atom. The molecule has 1 aromatic heterocycles. The van der Waals surface area contributed by atoms with Gasteiger partial charge in [0.25, 0.3) is 11.8 Å². The minimum Gasteiger partial charge on any atom is -0.477 e. The van der Waals surface area contributed by atoms with Gasteiger partial charge in [-0.3, -0.25) is 0 Å². The third kappa shape index (κ3) is 3.68. The number of likely N-dealkylation sites (tertiary alicyclic amines) is 1. The van der Waals surface area contributed by atoms with Crippen molar-refractivity contribution < 1.29 is 14.3 Å². The highest BCUT2D eigenvalue weighted by molar-refractivity contribution is 6.33. The van der Waals surface area contributed by atoms with Crippen LogP contribution in [0.2, 0.25) is 5.02 Å². The van der Waals surface area contributed by atoms with E-state index in [1.165, 1.54) is 19.5 Å². The lowest BCUT2D eigenvalue weighted by Gasteiger charge is -2.18. The SMILES string of the molecule is COc1nccnc1OC1CCN(C(=O)Nc2ccccc2Cl)C1. The van der Waals surface area contributed by atoms with Crippen LogP contribution in [0, 0.1) is 0 Å². The van der Waals surface area contributed by atoms with E-state index in [-0.39, 0.29) is 12.1 Å². The molecule has 0 radical (unpaired) electrons. The number of carbonyl (C=O) groups is 1. The van der Waals surface area contributed by atoms with Crippen molar-refractivity contribution in [3.8, 4) is 11.8 Å². The minimum atomic E-state index is -0.208. The number of amides is 2. The molecule has 1 atom stereocenters. The maximum atomic E-state index is 12.3. The zero-order chi connectivity index (χ0) is 16.9. The first-order chi connectivity index (χ1) is 11.7. The Labute approximate surface area is 144 Å². The van der Waals surface area contributed by atoms with Crippen molar-refractivity contribution in [2.45, 2.75) is 12.5 Å². The van der Waals surface area contributed by atoms with Crippen molar-refractivity contribution in [1.82, 2.24) is 14.9 Å². The number of urea groups is 1. The van der Waals surface area contributed by atoms with Gasteiger partial charge >= 0.3 is 6.03 Å². The summed E-state index contributed by atoms with van der Waals surface area (Å²) in [7, 11) is 1.51. The molecule has 2 aromatic rings. The van der Waals surface area contributed by atoms with Crippen LogP contribution in [0.5, 0.6) is 11.8 Å². The maximum absolute atomic E-state index is 12.3. The highest BCUT2D eigenvalue weighted by Crippen LogP contribution is 2.25. The van der Waals surface area contributed by atoms with Crippen LogP contribution < -0.4 is 14.8 Å². The summed E-state index contributed by atoms with van der Waals surface area (Å²) in [5.74, 6) is 0.662. The molecule has 1 saturated heterocycles. The van der Waals surface area contributed by atoms with Gasteiger partial charge in [0.2, 0.25) is 0 Å². The average molecular weight is 349 g/mol. The van der Waals surface area contributed by atoms with Gasteiger partial charge in [0.15, 0.2) is 0 Å². The second-order valence-electron chi connectivity index (χ2n) is 5.26. The van der Waals surface area contributed by atoms with Gasteiger partial charge in [-0.1, -0.05) is 23.7 Å². The van der Waals surface area contributed by atoms with Crippen LogP contribution in [0.15, 0.2) is 36.7 Å². The molecule has 0 spiro atoms. The van der Waals surface area contributed by atoms with Crippen LogP contribution in [-0.2, 0) is 0 Å². The molecule has 1 fully saturated rings. The van der Waals surface area contributed by atoms with E-state index in [0.29, 0.717) is 42.0 Å². The van der Waals surface area contributed by atoms with Gasteiger partial charge in [-0.25, -0.2) is 14.8 Å². The molecule has 3 rings (SSSR count). The zero-order valence-corrected chi connectivity index (χ0v) is 13.9. The van der Waals surface area contributed by atoms with E-state index in [2.05, 4.69) is 15.3 Å². The largest absolute Gasteiger partial charge is 0.477 e. The summed E-state index contributed by atoms with van der Waals surface area (Å²) < 4.78 is 10.9. The van der Waals surface area contributed by atoms with Crippen LogP contribution in [0.4, 0.5) is 10.5 Å². The summed E-state index contributed by atoms with van der Waals surface area (Å²) in [4.78, 5) is 22.2. The lowest BCUT2D eigenvalue weighted by Crippen LogP contribution is -2.34. The maximum Gasteiger partial charge on any atom is 0.322 e. The summed E-state index contributed by atoms with van der Waals surface area (Å²) in [5, 5.41) is 3.31. The topological polar surface area (TPSA) is 76.6 Å². The van der Waals surface area contributed by atoms with E-state index in [9.17, 15) is 4.79 Å². The first-order valence-corrected chi connectivity index (χ1v) is 7.87. The van der Waals surface area contributed by atoms with E-state index < -0.39 is 0 Å². The molecule has 1 aromatic carbocycles. The van der Waals surface area contributed by atoms with Gasteiger partial charge < -0.3 is 19.7 Å². The second-order valence-corrected chi connectivity index (χ2v) is 5.66. The van der Waals surface area contributed by atoms with Gasteiger partial charge in [-0.15, -0.1) is 0 Å². The van der Waals surface area contributed by atoms with Crippen molar-refractivity contribution >= 4 is 23.3 Å². The number of hydrogen-bond acceptors (Lipinski definition) is 5. The molecule has 2 amide bonds. The van der Waals surface area contributed by atoms with Crippen molar-refractivity contribution in [1.29, 1.82) is 0 Å². The third-order valence-corrected chi connectivity index (χ3v) is 3.98. The molecule has 0 saturated carbocycles. The molecule has 0 aliphatic carbocycles. The van der Waals surface area contributed by atoms with E-state index >= 15 is 0 Å². The molecule has 1 N–H and O–H groups in total. The summed E-state index contributed by atoms with van der Waals surface area (Å²) in [6.45, 7) is 1.04. The fourth-order valence-corrected chi connectivity index (χ4v) is 2.64. The standard InChI is InChI=1S/C16H17ClN4O3/c1-23-14-15(19-8-7-18-14)24-11-6-9-21(10-11)16(22)20-13-5-3-2-4-12(13)17/h2-5,7-8,11H,6,9-10H2,1H3,(H,20,22). The lowest BCUT2D eigenvalue weighted by atomic mass is 10.3. The van der Waals surface area contributed by atoms with E-state index in [0.717, 1.165) is 0 Å². The fourth-order valence-electron chi connectivity index (χ4n) is 2.46. The van der Waals surface area contributed by atoms with Gasteiger partial charge in [0.1, 0.15) is 6.10 Å². The number of nitrogens with one attached hydrogen (secondary N) is 1. The molecule has 126 valence electrons. The molecule has 8 heteroatoms. The number of carbonyl (C=O) groups excluding carboxylic acids is 1. The highest BCUT2D eigenvalue weighted by atomic mass is 35.5. The van der Waals surface area contributed by atoms with Crippen molar-refractivity contribution in [3.63, 3.8) is 0 Å². The Morgan fingerprint density at radius 2 is 2.04 bits per heavy atom. The van der Waals surface area contributed by atoms with Gasteiger partial charge in [-0.05, 0) is 12.1 Å². The third-order valence-electron chi connectivity index (χ3n) is 3.65. The zero-order valence-electron chi connectivity index (χ0n) is 13.1. The van der Waals surface area contributed by atoms with Crippen LogP contribution in [0.1, 0.15) is 6.42 Å². The van der Waals surface area contributed by atoms with Crippen LogP contribution in [-0.4, -0.2) is 47.2 Å². The monoisotopic (exact) mass is 348 g/mol. The summed E-state index contributed by atoms with van der Waals surface area (Å²) >= 11 is 6.06. The predicted octanol–water partition coefficient (Wildman–Crippen LogP) is 2.82. The van der Waals surface area contributed by atoms with E-state index in [1.807, 2.05) is 12.1 Å². The van der Waals surface area contributed by atoms with Crippen LogP contribution >= 0.6 is 11.6 Å². The first-order valence-electron chi connectivity index (χ1n) is 7.49. The number of ether oxygens (including phenoxy) is 2. The van der Waals surface area contributed by atoms with E-state index in [4.69, 9.17) is 21.1 Å². The Bertz CT molecular complexity index is 728. The van der Waals surface area contributed by atoms with Crippen molar-refractivity contribution in [2.24, 2.45) is 0 Å². The predicted molar refractivity (Wildman–Crippen MR) is 89.7 cm³/mol. The first kappa shape index (κ1) is 16.3. The summed E-state index contributed by atoms with van der Waals surface area (Å²) in [6, 6.07) is 6.91. The molecule has 1 unspecified atom stereocenters. The molecule has 7 nitrogen and oxygen atoms in total. The number of aromatic nitrogens is 2. The van der Waals surface area contributed by atoms with Gasteiger partial charge in [-0.2, -0.15) is 0 Å². The Morgan fingerprint density at radius 3 is 2.79 bits per heavy atom. The smallest absolute Gasteiger partial charge is 0.322 e. The van der Waals surface area contributed by atoms with Crippen molar-refractivity contribution in [2.75, 3.05) is 25.5 Å². The van der Waals surface area contributed by atoms with Gasteiger partial charge in [0, 0.05) is 25.4 Å². The second kappa shape index (κ2) is 7.35. The number of nitrogens with zero attached hydrogens (tertiary/aromatic N) is 3. The van der Waals surface area contributed by atoms with Crippen LogP contribution in [0.25, 0.3) is 0 Å². The molecule has 1 aliphatic heterocycles. The molecule has 0 bridgehead atoms. The number of rotatable bonds is 4. The normalized spacial score (nSPS) is 16.8. The Hall–Kier alpha value is -2.54. The Kier molecular flexibility index (Phi) is 5.00. The molecule has 1 aliphatic rings. The summed E-state index contributed by atoms with van der Waals surface area (Å²) in [6.07, 6.45) is 3.61. The molecule has 24 heavy (non-hydrogen) atoms. The number of hydrogen-bond donors (Lipinski definition) is 1. The number of para-hydroxylation sites is 1. The highest BCUT2D eigenvalue weighted by Gasteiger charge is 2.29. The number of anilines is 1. The Balaban J connectivity index is 1.59. The fraction of sp³-hybridized carbons (Fsp3) is 0.312. The lowest BCUT2D eigenvalue weighted by molar-refractivity contribution is 0.182. The number of methoxy groups -OCH3 is 1. The quantitative estimate of drug-likeness (QED) is 0.919. The molecular weight excluding hydrogens is 332 g/mol. The van der Waals surface area contributed by atoms with Gasteiger partial charge in [0.05, 0.1) is 24.4 Å². The number of benzene rings is 1. The van der Waals surface area contributed by atoms with Crippen LogP contribution in [0.3, 0.4) is 0 Å². The minimum absolute atomic E-state index is 0.160. The summed E-state index contributed by atoms with van der Waals surface area (Å²) in [5.41, 5.74) is 0.587. The molecular formula is C16H17ClN4O3. The average Bonchev–Trinajstić information content (AvgIpc) is 3.06. The van der Waals surface area contributed by atoms with Crippen molar-refractivity contribution in [3.05, 3.63) is 41.7 Å². The number of halogens is 1. The van der Waals surface area contributed by atoms with E-state index in [1.54, 1.807) is 17.0 Å². The molecule has 2 heterocycles.